The van der Waals surface area contributed by atoms with Crippen LogP contribution in [0, 0.1) is 0 Å². The van der Waals surface area contributed by atoms with Crippen LogP contribution in [0.15, 0.2) is 18.3 Å². The smallest absolute Gasteiger partial charge is 0.317 e. The predicted molar refractivity (Wildman–Crippen MR) is 81.5 cm³/mol. The summed E-state index contributed by atoms with van der Waals surface area (Å²) in [4.78, 5) is 14.4. The van der Waals surface area contributed by atoms with E-state index < -0.39 is 0 Å². The lowest BCUT2D eigenvalue weighted by Crippen LogP contribution is -2.45. The molecule has 2 amide bonds. The third-order valence-electron chi connectivity index (χ3n) is 4.12. The largest absolute Gasteiger partial charge is 0.353 e. The summed E-state index contributed by atoms with van der Waals surface area (Å²) in [5, 5.41) is 3.21. The molecule has 112 valence electrons. The first-order valence-electron chi connectivity index (χ1n) is 7.86. The van der Waals surface area contributed by atoms with Crippen molar-refractivity contribution in [3.63, 3.8) is 0 Å². The van der Waals surface area contributed by atoms with E-state index >= 15 is 0 Å². The van der Waals surface area contributed by atoms with Crippen LogP contribution in [-0.2, 0) is 13.6 Å². The number of nitrogens with one attached hydrogen (secondary N) is 1. The zero-order valence-corrected chi connectivity index (χ0v) is 12.8. The average Bonchev–Trinajstić information content (AvgIpc) is 2.85. The second kappa shape index (κ2) is 7.36. The Bertz CT molecular complexity index is 421. The third-order valence-corrected chi connectivity index (χ3v) is 4.12. The summed E-state index contributed by atoms with van der Waals surface area (Å²) in [6, 6.07) is 4.58. The van der Waals surface area contributed by atoms with Crippen molar-refractivity contribution in [1.82, 2.24) is 14.8 Å². The van der Waals surface area contributed by atoms with E-state index in [1.165, 1.54) is 25.0 Å². The van der Waals surface area contributed by atoms with Crippen molar-refractivity contribution in [2.45, 2.75) is 58.0 Å². The molecule has 2 rings (SSSR count). The van der Waals surface area contributed by atoms with E-state index in [0.29, 0.717) is 12.6 Å². The molecule has 20 heavy (non-hydrogen) atoms. The van der Waals surface area contributed by atoms with Crippen LogP contribution in [0.5, 0.6) is 0 Å². The molecule has 4 heteroatoms. The van der Waals surface area contributed by atoms with E-state index in [2.05, 4.69) is 22.9 Å². The molecule has 0 saturated heterocycles. The van der Waals surface area contributed by atoms with Crippen molar-refractivity contribution < 1.29 is 4.79 Å². The highest BCUT2D eigenvalue weighted by Crippen LogP contribution is 2.18. The van der Waals surface area contributed by atoms with Gasteiger partial charge < -0.3 is 14.8 Å². The molecule has 4 nitrogen and oxygen atoms in total. The number of hydrogen-bond donors (Lipinski definition) is 1. The fourth-order valence-corrected chi connectivity index (χ4v) is 2.89. The molecule has 1 fully saturated rings. The summed E-state index contributed by atoms with van der Waals surface area (Å²) in [7, 11) is 2.03. The van der Waals surface area contributed by atoms with Gasteiger partial charge in [0.25, 0.3) is 0 Å². The molecule has 0 radical (unpaired) electrons. The van der Waals surface area contributed by atoms with Crippen LogP contribution in [-0.4, -0.2) is 28.1 Å². The van der Waals surface area contributed by atoms with Crippen LogP contribution in [0.4, 0.5) is 4.79 Å². The Morgan fingerprint density at radius 2 is 2.15 bits per heavy atom. The Labute approximate surface area is 122 Å². The van der Waals surface area contributed by atoms with Crippen molar-refractivity contribution in [2.75, 3.05) is 6.54 Å². The van der Waals surface area contributed by atoms with E-state index in [4.69, 9.17) is 0 Å². The third kappa shape index (κ3) is 4.02. The second-order valence-electron chi connectivity index (χ2n) is 5.82. The molecule has 0 spiro atoms. The number of hydrogen-bond acceptors (Lipinski definition) is 1. The summed E-state index contributed by atoms with van der Waals surface area (Å²) in [5.74, 6) is 0. The molecule has 1 aliphatic rings. The van der Waals surface area contributed by atoms with Crippen molar-refractivity contribution in [1.29, 1.82) is 0 Å². The van der Waals surface area contributed by atoms with Crippen LogP contribution in [0.25, 0.3) is 0 Å². The van der Waals surface area contributed by atoms with E-state index in [9.17, 15) is 4.79 Å². The highest BCUT2D eigenvalue weighted by Gasteiger charge is 2.20. The Hall–Kier alpha value is -1.45. The Kier molecular flexibility index (Phi) is 5.50. The van der Waals surface area contributed by atoms with E-state index in [1.54, 1.807) is 0 Å². The molecule has 1 N–H and O–H groups in total. The van der Waals surface area contributed by atoms with Gasteiger partial charge in [0.1, 0.15) is 0 Å². The van der Waals surface area contributed by atoms with Gasteiger partial charge in [-0.1, -0.05) is 26.2 Å². The number of urea groups is 1. The molecule has 0 bridgehead atoms. The fourth-order valence-electron chi connectivity index (χ4n) is 2.89. The highest BCUT2D eigenvalue weighted by atomic mass is 16.2. The zero-order valence-electron chi connectivity index (χ0n) is 12.8. The Morgan fingerprint density at radius 1 is 1.40 bits per heavy atom. The number of carbonyl (C=O) groups is 1. The van der Waals surface area contributed by atoms with Gasteiger partial charge in [0.15, 0.2) is 0 Å². The van der Waals surface area contributed by atoms with Gasteiger partial charge in [0.2, 0.25) is 0 Å². The Balaban J connectivity index is 1.92. The first-order chi connectivity index (χ1) is 9.70. The molecule has 0 aliphatic heterocycles. The van der Waals surface area contributed by atoms with Gasteiger partial charge in [-0.25, -0.2) is 4.79 Å². The molecule has 1 aromatic heterocycles. The summed E-state index contributed by atoms with van der Waals surface area (Å²) < 4.78 is 2.08. The maximum absolute atomic E-state index is 12.4. The molecule has 1 saturated carbocycles. The number of amides is 2. The number of rotatable bonds is 5. The van der Waals surface area contributed by atoms with Crippen LogP contribution in [0.3, 0.4) is 0 Å². The zero-order chi connectivity index (χ0) is 14.4. The summed E-state index contributed by atoms with van der Waals surface area (Å²) in [6.07, 6.45) is 9.09. The number of nitrogens with zero attached hydrogens (tertiary/aromatic N) is 2. The minimum Gasteiger partial charge on any atom is -0.353 e. The second-order valence-corrected chi connectivity index (χ2v) is 5.82. The molecule has 0 atom stereocenters. The lowest BCUT2D eigenvalue weighted by Gasteiger charge is -2.28. The highest BCUT2D eigenvalue weighted by molar-refractivity contribution is 5.74. The Morgan fingerprint density at radius 3 is 2.75 bits per heavy atom. The molecule has 1 aliphatic carbocycles. The van der Waals surface area contributed by atoms with Crippen molar-refractivity contribution in [3.05, 3.63) is 24.0 Å². The van der Waals surface area contributed by atoms with Gasteiger partial charge in [-0.3, -0.25) is 0 Å². The fraction of sp³-hybridized carbons (Fsp3) is 0.688. The van der Waals surface area contributed by atoms with Gasteiger partial charge in [-0.05, 0) is 31.4 Å². The lowest BCUT2D eigenvalue weighted by atomic mass is 9.96. The van der Waals surface area contributed by atoms with Crippen molar-refractivity contribution in [2.24, 2.45) is 7.05 Å². The van der Waals surface area contributed by atoms with Gasteiger partial charge in [0, 0.05) is 31.5 Å². The predicted octanol–water partition coefficient (Wildman–Crippen LogP) is 3.28. The van der Waals surface area contributed by atoms with E-state index in [1.807, 2.05) is 24.2 Å². The topological polar surface area (TPSA) is 37.3 Å². The van der Waals surface area contributed by atoms with Crippen LogP contribution < -0.4 is 5.32 Å². The summed E-state index contributed by atoms with van der Waals surface area (Å²) >= 11 is 0. The van der Waals surface area contributed by atoms with E-state index in [-0.39, 0.29) is 6.03 Å². The SMILES string of the molecule is CCCN(Cc1cccn1C)C(=O)NC1CCCCC1. The van der Waals surface area contributed by atoms with Crippen LogP contribution in [0.2, 0.25) is 0 Å². The van der Waals surface area contributed by atoms with Gasteiger partial charge >= 0.3 is 6.03 Å². The maximum atomic E-state index is 12.4. The lowest BCUT2D eigenvalue weighted by molar-refractivity contribution is 0.186. The quantitative estimate of drug-likeness (QED) is 0.881. The van der Waals surface area contributed by atoms with E-state index in [0.717, 1.165) is 25.8 Å². The molecular formula is C16H27N3O. The first-order valence-corrected chi connectivity index (χ1v) is 7.86. The molecule has 1 heterocycles. The van der Waals surface area contributed by atoms with Crippen molar-refractivity contribution >= 4 is 6.03 Å². The molecular weight excluding hydrogens is 250 g/mol. The van der Waals surface area contributed by atoms with Gasteiger partial charge in [-0.15, -0.1) is 0 Å². The molecule has 0 unspecified atom stereocenters. The van der Waals surface area contributed by atoms with Gasteiger partial charge in [-0.2, -0.15) is 0 Å². The minimum atomic E-state index is 0.0972. The average molecular weight is 277 g/mol. The number of carbonyl (C=O) groups excluding carboxylic acids is 1. The normalized spacial score (nSPS) is 16.1. The minimum absolute atomic E-state index is 0.0972. The van der Waals surface area contributed by atoms with Gasteiger partial charge in [0.05, 0.1) is 6.54 Å². The van der Waals surface area contributed by atoms with Crippen molar-refractivity contribution in [3.8, 4) is 0 Å². The molecule has 1 aromatic rings. The number of aromatic nitrogens is 1. The standard InChI is InChI=1S/C16H27N3O/c1-3-11-19(13-15-10-7-12-18(15)2)16(20)17-14-8-5-4-6-9-14/h7,10,12,14H,3-6,8-9,11,13H2,1-2H3,(H,17,20). The monoisotopic (exact) mass is 277 g/mol. The van der Waals surface area contributed by atoms with Crippen LogP contribution >= 0.6 is 0 Å². The first kappa shape index (κ1) is 14.9. The molecule has 0 aromatic carbocycles. The maximum Gasteiger partial charge on any atom is 0.317 e. The summed E-state index contributed by atoms with van der Waals surface area (Å²) in [6.45, 7) is 3.62. The van der Waals surface area contributed by atoms with Crippen LogP contribution in [0.1, 0.15) is 51.1 Å². The number of aryl methyl sites for hydroxylation is 1. The summed E-state index contributed by atoms with van der Waals surface area (Å²) in [5.41, 5.74) is 1.18.